The molecule has 0 radical (unpaired) electrons. The lowest BCUT2D eigenvalue weighted by molar-refractivity contribution is 0.0688. The molecule has 1 amide bonds. The van der Waals surface area contributed by atoms with Crippen molar-refractivity contribution in [3.8, 4) is 0 Å². The van der Waals surface area contributed by atoms with Gasteiger partial charge in [0.05, 0.1) is 18.2 Å². The average molecular weight is 419 g/mol. The van der Waals surface area contributed by atoms with Crippen LogP contribution in [0.1, 0.15) is 36.0 Å². The summed E-state index contributed by atoms with van der Waals surface area (Å²) < 4.78 is 37.4. The van der Waals surface area contributed by atoms with Crippen LogP contribution >= 0.6 is 11.6 Å². The first-order valence-corrected chi connectivity index (χ1v) is 10.9. The van der Waals surface area contributed by atoms with Crippen LogP contribution in [-0.4, -0.2) is 65.2 Å². The molecule has 0 aromatic heterocycles. The van der Waals surface area contributed by atoms with E-state index in [-0.39, 0.29) is 21.4 Å². The van der Waals surface area contributed by atoms with Crippen LogP contribution in [0.15, 0.2) is 23.1 Å². The SMILES string of the molecule is COCCOCCCNC(=O)c1ccc(Cl)c(S(=O)(=O)N2CCCCC2)c1. The molecule has 27 heavy (non-hydrogen) atoms. The zero-order valence-electron chi connectivity index (χ0n) is 15.6. The van der Waals surface area contributed by atoms with Gasteiger partial charge in [-0.3, -0.25) is 4.79 Å². The molecule has 1 aromatic rings. The molecule has 9 heteroatoms. The van der Waals surface area contributed by atoms with Gasteiger partial charge in [-0.1, -0.05) is 18.0 Å². The van der Waals surface area contributed by atoms with E-state index >= 15 is 0 Å². The van der Waals surface area contributed by atoms with Crippen molar-refractivity contribution in [1.29, 1.82) is 0 Å². The minimum Gasteiger partial charge on any atom is -0.382 e. The Labute approximate surface area is 166 Å². The van der Waals surface area contributed by atoms with Crippen molar-refractivity contribution in [2.24, 2.45) is 0 Å². The molecule has 152 valence electrons. The summed E-state index contributed by atoms with van der Waals surface area (Å²) in [5.41, 5.74) is 0.273. The maximum atomic E-state index is 12.9. The minimum atomic E-state index is -3.70. The second-order valence-corrected chi connectivity index (χ2v) is 8.64. The van der Waals surface area contributed by atoms with Crippen LogP contribution in [-0.2, 0) is 19.5 Å². The topological polar surface area (TPSA) is 84.9 Å². The lowest BCUT2D eigenvalue weighted by Crippen LogP contribution is -2.36. The van der Waals surface area contributed by atoms with Gasteiger partial charge in [-0.2, -0.15) is 4.31 Å². The maximum absolute atomic E-state index is 12.9. The van der Waals surface area contributed by atoms with Crippen molar-refractivity contribution in [3.63, 3.8) is 0 Å². The van der Waals surface area contributed by atoms with Crippen LogP contribution in [0.2, 0.25) is 5.02 Å². The fourth-order valence-corrected chi connectivity index (χ4v) is 4.83. The molecule has 2 rings (SSSR count). The highest BCUT2D eigenvalue weighted by Crippen LogP contribution is 2.27. The fraction of sp³-hybridized carbons (Fsp3) is 0.611. The van der Waals surface area contributed by atoms with E-state index in [2.05, 4.69) is 5.32 Å². The second-order valence-electron chi connectivity index (χ2n) is 6.32. The summed E-state index contributed by atoms with van der Waals surface area (Å²) in [6.07, 6.45) is 3.35. The highest BCUT2D eigenvalue weighted by Gasteiger charge is 2.28. The number of sulfonamides is 1. The van der Waals surface area contributed by atoms with E-state index in [1.165, 1.54) is 22.5 Å². The number of rotatable bonds is 10. The minimum absolute atomic E-state index is 0.0124. The van der Waals surface area contributed by atoms with Crippen molar-refractivity contribution in [2.45, 2.75) is 30.6 Å². The van der Waals surface area contributed by atoms with Gasteiger partial charge in [-0.15, -0.1) is 0 Å². The maximum Gasteiger partial charge on any atom is 0.251 e. The Morgan fingerprint density at radius 3 is 2.63 bits per heavy atom. The summed E-state index contributed by atoms with van der Waals surface area (Å²) >= 11 is 6.13. The van der Waals surface area contributed by atoms with Crippen molar-refractivity contribution < 1.29 is 22.7 Å². The van der Waals surface area contributed by atoms with E-state index in [0.717, 1.165) is 19.3 Å². The van der Waals surface area contributed by atoms with E-state index in [9.17, 15) is 13.2 Å². The van der Waals surface area contributed by atoms with Gasteiger partial charge in [0.2, 0.25) is 10.0 Å². The first-order valence-electron chi connectivity index (χ1n) is 9.11. The van der Waals surface area contributed by atoms with E-state index in [1.54, 1.807) is 7.11 Å². The number of nitrogens with zero attached hydrogens (tertiary/aromatic N) is 1. The van der Waals surface area contributed by atoms with Crippen LogP contribution in [0, 0.1) is 0 Å². The van der Waals surface area contributed by atoms with Crippen LogP contribution in [0.25, 0.3) is 0 Å². The van der Waals surface area contributed by atoms with Gasteiger partial charge in [-0.25, -0.2) is 8.42 Å². The van der Waals surface area contributed by atoms with Gasteiger partial charge < -0.3 is 14.8 Å². The lowest BCUT2D eigenvalue weighted by atomic mass is 10.2. The van der Waals surface area contributed by atoms with E-state index in [1.807, 2.05) is 0 Å². The predicted octanol–water partition coefficient (Wildman–Crippen LogP) is 2.30. The number of piperidine rings is 1. The smallest absolute Gasteiger partial charge is 0.251 e. The van der Waals surface area contributed by atoms with E-state index in [0.29, 0.717) is 45.9 Å². The molecule has 0 saturated carbocycles. The Hall–Kier alpha value is -1.19. The normalized spacial score (nSPS) is 15.6. The number of hydrogen-bond donors (Lipinski definition) is 1. The molecular formula is C18H27ClN2O5S. The van der Waals surface area contributed by atoms with Crippen LogP contribution < -0.4 is 5.32 Å². The number of halogens is 1. The van der Waals surface area contributed by atoms with Crippen LogP contribution in [0.5, 0.6) is 0 Å². The molecule has 0 aliphatic carbocycles. The molecule has 7 nitrogen and oxygen atoms in total. The Morgan fingerprint density at radius 2 is 1.93 bits per heavy atom. The summed E-state index contributed by atoms with van der Waals surface area (Å²) in [4.78, 5) is 12.3. The summed E-state index contributed by atoms with van der Waals surface area (Å²) in [5.74, 6) is -0.335. The third-order valence-electron chi connectivity index (χ3n) is 4.31. The first-order chi connectivity index (χ1) is 13.0. The number of hydrogen-bond acceptors (Lipinski definition) is 5. The van der Waals surface area contributed by atoms with Gasteiger partial charge in [0, 0.05) is 38.9 Å². The Kier molecular flexibility index (Phi) is 8.98. The molecule has 0 bridgehead atoms. The molecule has 1 fully saturated rings. The van der Waals surface area contributed by atoms with Crippen molar-refractivity contribution >= 4 is 27.5 Å². The molecular weight excluding hydrogens is 392 g/mol. The Balaban J connectivity index is 1.96. The second kappa shape index (κ2) is 11.0. The van der Waals surface area contributed by atoms with Gasteiger partial charge in [0.25, 0.3) is 5.91 Å². The van der Waals surface area contributed by atoms with Crippen LogP contribution in [0.3, 0.4) is 0 Å². The number of amides is 1. The lowest BCUT2D eigenvalue weighted by Gasteiger charge is -2.26. The average Bonchev–Trinajstić information content (AvgIpc) is 2.68. The van der Waals surface area contributed by atoms with Crippen molar-refractivity contribution in [2.75, 3.05) is 46.6 Å². The molecule has 1 saturated heterocycles. The summed E-state index contributed by atoms with van der Waals surface area (Å²) in [5, 5.41) is 2.89. The van der Waals surface area contributed by atoms with Crippen LogP contribution in [0.4, 0.5) is 0 Å². The zero-order valence-corrected chi connectivity index (χ0v) is 17.2. The monoisotopic (exact) mass is 418 g/mol. The number of benzene rings is 1. The molecule has 0 unspecified atom stereocenters. The molecule has 1 aliphatic heterocycles. The molecule has 0 atom stereocenters. The highest BCUT2D eigenvalue weighted by molar-refractivity contribution is 7.89. The first kappa shape index (κ1) is 22.1. The molecule has 1 heterocycles. The number of methoxy groups -OCH3 is 1. The standard InChI is InChI=1S/C18H27ClN2O5S/c1-25-12-13-26-11-5-8-20-18(22)15-6-7-16(19)17(14-15)27(23,24)21-9-3-2-4-10-21/h6-7,14H,2-5,8-13H2,1H3,(H,20,22). The van der Waals surface area contributed by atoms with Gasteiger partial charge in [0.1, 0.15) is 4.90 Å². The number of ether oxygens (including phenoxy) is 2. The molecule has 1 aromatic carbocycles. The molecule has 0 spiro atoms. The van der Waals surface area contributed by atoms with Crippen molar-refractivity contribution in [1.82, 2.24) is 9.62 Å². The van der Waals surface area contributed by atoms with E-state index in [4.69, 9.17) is 21.1 Å². The molecule has 1 aliphatic rings. The van der Waals surface area contributed by atoms with Gasteiger partial charge in [0.15, 0.2) is 0 Å². The summed E-state index contributed by atoms with van der Waals surface area (Å²) in [7, 11) is -2.09. The Morgan fingerprint density at radius 1 is 1.19 bits per heavy atom. The van der Waals surface area contributed by atoms with Gasteiger partial charge in [-0.05, 0) is 37.5 Å². The Bertz CT molecular complexity index is 720. The fourth-order valence-electron chi connectivity index (χ4n) is 2.81. The van der Waals surface area contributed by atoms with Gasteiger partial charge >= 0.3 is 0 Å². The van der Waals surface area contributed by atoms with E-state index < -0.39 is 10.0 Å². The third kappa shape index (κ3) is 6.43. The number of nitrogens with one attached hydrogen (secondary N) is 1. The largest absolute Gasteiger partial charge is 0.382 e. The number of carbonyl (C=O) groups excluding carboxylic acids is 1. The quantitative estimate of drug-likeness (QED) is 0.589. The summed E-state index contributed by atoms with van der Waals surface area (Å²) in [6.45, 7) is 2.96. The highest BCUT2D eigenvalue weighted by atomic mass is 35.5. The predicted molar refractivity (Wildman–Crippen MR) is 104 cm³/mol. The molecule has 1 N–H and O–H groups in total. The number of carbonyl (C=O) groups is 1. The third-order valence-corrected chi connectivity index (χ3v) is 6.69. The van der Waals surface area contributed by atoms with Crippen molar-refractivity contribution in [3.05, 3.63) is 28.8 Å². The zero-order chi connectivity index (χ0) is 19.7. The summed E-state index contributed by atoms with van der Waals surface area (Å²) in [6, 6.07) is 4.35.